The molecule has 0 spiro atoms. The number of nitrogens with zero attached hydrogens (tertiary/aromatic N) is 1. The molecular formula is C15H23N. The lowest BCUT2D eigenvalue weighted by Gasteiger charge is -2.06. The third kappa shape index (κ3) is 4.61. The SMILES string of the molecule is CCC/C=C(\CCC)Cc1cccc(C)n1. The first-order valence-corrected chi connectivity index (χ1v) is 6.36. The smallest absolute Gasteiger partial charge is 0.0447 e. The zero-order chi connectivity index (χ0) is 11.8. The quantitative estimate of drug-likeness (QED) is 0.641. The van der Waals surface area contributed by atoms with Gasteiger partial charge in [-0.05, 0) is 31.9 Å². The van der Waals surface area contributed by atoms with Crippen LogP contribution in [-0.2, 0) is 6.42 Å². The van der Waals surface area contributed by atoms with Crippen LogP contribution >= 0.6 is 0 Å². The van der Waals surface area contributed by atoms with Crippen LogP contribution in [-0.4, -0.2) is 4.98 Å². The van der Waals surface area contributed by atoms with E-state index in [4.69, 9.17) is 0 Å². The van der Waals surface area contributed by atoms with Crippen molar-refractivity contribution in [2.24, 2.45) is 0 Å². The second kappa shape index (κ2) is 7.21. The summed E-state index contributed by atoms with van der Waals surface area (Å²) < 4.78 is 0. The number of hydrogen-bond donors (Lipinski definition) is 0. The number of rotatable bonds is 6. The maximum absolute atomic E-state index is 4.56. The minimum Gasteiger partial charge on any atom is -0.258 e. The lowest BCUT2D eigenvalue weighted by molar-refractivity contribution is 0.834. The van der Waals surface area contributed by atoms with Gasteiger partial charge in [-0.25, -0.2) is 0 Å². The Morgan fingerprint density at radius 2 is 2.06 bits per heavy atom. The molecule has 1 aromatic rings. The second-order valence-electron chi connectivity index (χ2n) is 4.35. The Kier molecular flexibility index (Phi) is 5.84. The monoisotopic (exact) mass is 217 g/mol. The van der Waals surface area contributed by atoms with Gasteiger partial charge in [-0.15, -0.1) is 0 Å². The zero-order valence-corrected chi connectivity index (χ0v) is 10.8. The maximum atomic E-state index is 4.56. The molecule has 0 unspecified atom stereocenters. The van der Waals surface area contributed by atoms with E-state index in [0.29, 0.717) is 0 Å². The zero-order valence-electron chi connectivity index (χ0n) is 10.8. The largest absolute Gasteiger partial charge is 0.258 e. The van der Waals surface area contributed by atoms with Crippen LogP contribution in [0.5, 0.6) is 0 Å². The van der Waals surface area contributed by atoms with E-state index in [0.717, 1.165) is 12.1 Å². The normalized spacial score (nSPS) is 11.8. The summed E-state index contributed by atoms with van der Waals surface area (Å²) in [5, 5.41) is 0. The van der Waals surface area contributed by atoms with Crippen molar-refractivity contribution in [3.05, 3.63) is 41.2 Å². The molecule has 0 aliphatic carbocycles. The van der Waals surface area contributed by atoms with Crippen LogP contribution < -0.4 is 0 Å². The topological polar surface area (TPSA) is 12.9 Å². The lowest BCUT2D eigenvalue weighted by Crippen LogP contribution is -1.95. The minimum atomic E-state index is 1.02. The standard InChI is InChI=1S/C15H23N/c1-4-6-10-14(8-5-2)12-15-11-7-9-13(3)16-15/h7,9-11H,4-6,8,12H2,1-3H3/b14-10+. The van der Waals surface area contributed by atoms with E-state index in [9.17, 15) is 0 Å². The van der Waals surface area contributed by atoms with E-state index in [2.05, 4.69) is 50.0 Å². The summed E-state index contributed by atoms with van der Waals surface area (Å²) in [5.74, 6) is 0. The van der Waals surface area contributed by atoms with E-state index in [1.165, 1.54) is 31.4 Å². The fourth-order valence-corrected chi connectivity index (χ4v) is 1.86. The van der Waals surface area contributed by atoms with Crippen LogP contribution in [0.4, 0.5) is 0 Å². The van der Waals surface area contributed by atoms with E-state index >= 15 is 0 Å². The van der Waals surface area contributed by atoms with Crippen molar-refractivity contribution in [2.75, 3.05) is 0 Å². The molecule has 0 atom stereocenters. The Labute approximate surface area is 99.6 Å². The van der Waals surface area contributed by atoms with Crippen LogP contribution in [0.15, 0.2) is 29.8 Å². The first-order chi connectivity index (χ1) is 7.76. The molecule has 88 valence electrons. The average Bonchev–Trinajstić information content (AvgIpc) is 2.26. The van der Waals surface area contributed by atoms with E-state index < -0.39 is 0 Å². The number of aryl methyl sites for hydroxylation is 1. The molecule has 1 heteroatoms. The average molecular weight is 217 g/mol. The van der Waals surface area contributed by atoms with E-state index in [1.54, 1.807) is 5.57 Å². The van der Waals surface area contributed by atoms with Crippen molar-refractivity contribution >= 4 is 0 Å². The van der Waals surface area contributed by atoms with Gasteiger partial charge in [0.05, 0.1) is 0 Å². The summed E-state index contributed by atoms with van der Waals surface area (Å²) in [6.45, 7) is 6.52. The first-order valence-electron chi connectivity index (χ1n) is 6.36. The van der Waals surface area contributed by atoms with Gasteiger partial charge in [0.1, 0.15) is 0 Å². The first kappa shape index (κ1) is 13.0. The molecule has 0 fully saturated rings. The number of hydrogen-bond acceptors (Lipinski definition) is 1. The molecule has 0 radical (unpaired) electrons. The van der Waals surface area contributed by atoms with Crippen molar-refractivity contribution < 1.29 is 0 Å². The summed E-state index contributed by atoms with van der Waals surface area (Å²) in [5.41, 5.74) is 3.86. The van der Waals surface area contributed by atoms with Crippen molar-refractivity contribution in [2.45, 2.75) is 52.9 Å². The fraction of sp³-hybridized carbons (Fsp3) is 0.533. The van der Waals surface area contributed by atoms with Crippen molar-refractivity contribution in [1.82, 2.24) is 4.98 Å². The van der Waals surface area contributed by atoms with Gasteiger partial charge >= 0.3 is 0 Å². The predicted molar refractivity (Wildman–Crippen MR) is 70.6 cm³/mol. The summed E-state index contributed by atoms with van der Waals surface area (Å²) >= 11 is 0. The highest BCUT2D eigenvalue weighted by molar-refractivity contribution is 5.17. The van der Waals surface area contributed by atoms with Crippen LogP contribution in [0.3, 0.4) is 0 Å². The second-order valence-corrected chi connectivity index (χ2v) is 4.35. The maximum Gasteiger partial charge on any atom is 0.0447 e. The molecule has 0 aliphatic rings. The lowest BCUT2D eigenvalue weighted by atomic mass is 10.0. The summed E-state index contributed by atoms with van der Waals surface area (Å²) in [6, 6.07) is 6.28. The molecule has 0 N–H and O–H groups in total. The molecule has 0 aliphatic heterocycles. The van der Waals surface area contributed by atoms with E-state index in [-0.39, 0.29) is 0 Å². The Morgan fingerprint density at radius 3 is 2.69 bits per heavy atom. The summed E-state index contributed by atoms with van der Waals surface area (Å²) in [4.78, 5) is 4.56. The van der Waals surface area contributed by atoms with Gasteiger partial charge in [0, 0.05) is 17.8 Å². The number of allylic oxidation sites excluding steroid dienone is 2. The van der Waals surface area contributed by atoms with Crippen molar-refractivity contribution in [3.63, 3.8) is 0 Å². The van der Waals surface area contributed by atoms with Gasteiger partial charge in [-0.2, -0.15) is 0 Å². The van der Waals surface area contributed by atoms with Crippen LogP contribution in [0.25, 0.3) is 0 Å². The summed E-state index contributed by atoms with van der Waals surface area (Å²) in [7, 11) is 0. The molecule has 0 bridgehead atoms. The van der Waals surface area contributed by atoms with Gasteiger partial charge < -0.3 is 0 Å². The van der Waals surface area contributed by atoms with Crippen LogP contribution in [0.2, 0.25) is 0 Å². The van der Waals surface area contributed by atoms with Crippen LogP contribution in [0, 0.1) is 6.92 Å². The van der Waals surface area contributed by atoms with Gasteiger partial charge in [0.15, 0.2) is 0 Å². The van der Waals surface area contributed by atoms with Crippen LogP contribution in [0.1, 0.15) is 50.9 Å². The molecule has 1 rings (SSSR count). The molecule has 0 amide bonds. The Hall–Kier alpha value is -1.11. The molecule has 1 nitrogen and oxygen atoms in total. The Balaban J connectivity index is 2.67. The fourth-order valence-electron chi connectivity index (χ4n) is 1.86. The van der Waals surface area contributed by atoms with E-state index in [1.807, 2.05) is 0 Å². The molecule has 0 saturated heterocycles. The van der Waals surface area contributed by atoms with Gasteiger partial charge in [0.25, 0.3) is 0 Å². The molecule has 0 aromatic carbocycles. The molecular weight excluding hydrogens is 194 g/mol. The highest BCUT2D eigenvalue weighted by Gasteiger charge is 2.00. The molecule has 0 saturated carbocycles. The third-order valence-electron chi connectivity index (χ3n) is 2.65. The van der Waals surface area contributed by atoms with Gasteiger partial charge in [-0.1, -0.05) is 44.4 Å². The minimum absolute atomic E-state index is 1.02. The molecule has 1 aromatic heterocycles. The van der Waals surface area contributed by atoms with Gasteiger partial charge in [-0.3, -0.25) is 4.98 Å². The molecule has 1 heterocycles. The summed E-state index contributed by atoms with van der Waals surface area (Å²) in [6.07, 6.45) is 8.27. The number of unbranched alkanes of at least 4 members (excludes halogenated alkanes) is 1. The number of pyridine rings is 1. The van der Waals surface area contributed by atoms with Gasteiger partial charge in [0.2, 0.25) is 0 Å². The number of aromatic nitrogens is 1. The highest BCUT2D eigenvalue weighted by Crippen LogP contribution is 2.13. The molecule has 16 heavy (non-hydrogen) atoms. The third-order valence-corrected chi connectivity index (χ3v) is 2.65. The predicted octanol–water partition coefficient (Wildman–Crippen LogP) is 4.46. The Bertz CT molecular complexity index is 339. The van der Waals surface area contributed by atoms with Crippen molar-refractivity contribution in [1.29, 1.82) is 0 Å². The highest BCUT2D eigenvalue weighted by atomic mass is 14.7. The van der Waals surface area contributed by atoms with Crippen molar-refractivity contribution in [3.8, 4) is 0 Å². The Morgan fingerprint density at radius 1 is 1.25 bits per heavy atom.